The molecular formula is C15H28N2O. The second-order valence-electron chi connectivity index (χ2n) is 4.99. The maximum Gasteiger partial charge on any atom is 0.223 e. The van der Waals surface area contributed by atoms with Gasteiger partial charge in [0, 0.05) is 13.5 Å². The molecule has 0 fully saturated rings. The molecule has 0 rings (SSSR count). The normalized spacial score (nSPS) is 10.1. The van der Waals surface area contributed by atoms with Gasteiger partial charge < -0.3 is 4.90 Å². The van der Waals surface area contributed by atoms with Crippen LogP contribution in [0.2, 0.25) is 0 Å². The molecule has 1 amide bonds. The van der Waals surface area contributed by atoms with Crippen LogP contribution in [0.4, 0.5) is 0 Å². The van der Waals surface area contributed by atoms with Gasteiger partial charge in [-0.15, -0.1) is 0 Å². The Kier molecular flexibility index (Phi) is 11.7. The molecule has 0 aliphatic heterocycles. The fourth-order valence-electron chi connectivity index (χ4n) is 1.97. The molecule has 0 bridgehead atoms. The maximum atomic E-state index is 11.5. The van der Waals surface area contributed by atoms with Gasteiger partial charge in [0.25, 0.3) is 0 Å². The van der Waals surface area contributed by atoms with Crippen LogP contribution in [-0.4, -0.2) is 24.4 Å². The third kappa shape index (κ3) is 10.1. The van der Waals surface area contributed by atoms with Gasteiger partial charge in [0.05, 0.1) is 6.07 Å². The molecule has 0 unspecified atom stereocenters. The molecule has 0 atom stereocenters. The van der Waals surface area contributed by atoms with Crippen molar-refractivity contribution in [2.24, 2.45) is 0 Å². The van der Waals surface area contributed by atoms with Crippen molar-refractivity contribution >= 4 is 5.91 Å². The summed E-state index contributed by atoms with van der Waals surface area (Å²) >= 11 is 0. The summed E-state index contributed by atoms with van der Waals surface area (Å²) in [6.45, 7) is 2.44. The Morgan fingerprint density at radius 2 is 1.50 bits per heavy atom. The van der Waals surface area contributed by atoms with Crippen LogP contribution in [0.5, 0.6) is 0 Å². The minimum atomic E-state index is 0.0968. The summed E-state index contributed by atoms with van der Waals surface area (Å²) in [6.07, 6.45) is 12.0. The van der Waals surface area contributed by atoms with Gasteiger partial charge in [-0.3, -0.25) is 4.79 Å². The van der Waals surface area contributed by atoms with E-state index in [-0.39, 0.29) is 12.5 Å². The average molecular weight is 252 g/mol. The number of nitriles is 1. The smallest absolute Gasteiger partial charge is 0.223 e. The van der Waals surface area contributed by atoms with Crippen LogP contribution >= 0.6 is 0 Å². The Hall–Kier alpha value is -1.04. The lowest BCUT2D eigenvalue weighted by atomic mass is 10.1. The zero-order chi connectivity index (χ0) is 13.6. The molecule has 0 aromatic rings. The first-order valence-corrected chi connectivity index (χ1v) is 7.33. The molecular weight excluding hydrogens is 224 g/mol. The molecule has 0 spiro atoms. The van der Waals surface area contributed by atoms with E-state index in [1.807, 2.05) is 6.07 Å². The van der Waals surface area contributed by atoms with E-state index in [0.29, 0.717) is 6.42 Å². The molecule has 0 saturated heterocycles. The van der Waals surface area contributed by atoms with Gasteiger partial charge >= 0.3 is 0 Å². The first-order valence-electron chi connectivity index (χ1n) is 7.33. The first-order chi connectivity index (χ1) is 8.72. The van der Waals surface area contributed by atoms with Gasteiger partial charge in [-0.1, -0.05) is 58.3 Å². The number of hydrogen-bond donors (Lipinski definition) is 0. The van der Waals surface area contributed by atoms with Gasteiger partial charge in [0.1, 0.15) is 6.54 Å². The molecule has 3 nitrogen and oxygen atoms in total. The van der Waals surface area contributed by atoms with E-state index in [0.717, 1.165) is 12.8 Å². The van der Waals surface area contributed by atoms with Crippen molar-refractivity contribution in [2.45, 2.75) is 71.1 Å². The second-order valence-corrected chi connectivity index (χ2v) is 4.99. The summed E-state index contributed by atoms with van der Waals surface area (Å²) < 4.78 is 0. The Bertz CT molecular complexity index is 245. The van der Waals surface area contributed by atoms with Crippen molar-refractivity contribution in [3.05, 3.63) is 0 Å². The maximum absolute atomic E-state index is 11.5. The van der Waals surface area contributed by atoms with E-state index in [9.17, 15) is 4.79 Å². The lowest BCUT2D eigenvalue weighted by Gasteiger charge is -2.12. The van der Waals surface area contributed by atoms with E-state index in [1.165, 1.54) is 49.8 Å². The first kappa shape index (κ1) is 17.0. The van der Waals surface area contributed by atoms with Crippen LogP contribution in [0.25, 0.3) is 0 Å². The predicted octanol–water partition coefficient (Wildman–Crippen LogP) is 3.89. The highest BCUT2D eigenvalue weighted by Crippen LogP contribution is 2.10. The van der Waals surface area contributed by atoms with E-state index < -0.39 is 0 Å². The van der Waals surface area contributed by atoms with Crippen molar-refractivity contribution in [3.8, 4) is 6.07 Å². The standard InChI is InChI=1S/C15H28N2O/c1-3-4-5-6-7-8-9-10-11-12-15(18)17(2)14-13-16/h3-12,14H2,1-2H3. The van der Waals surface area contributed by atoms with Crippen molar-refractivity contribution in [1.29, 1.82) is 5.26 Å². The zero-order valence-electron chi connectivity index (χ0n) is 12.1. The van der Waals surface area contributed by atoms with Crippen LogP contribution < -0.4 is 0 Å². The fourth-order valence-corrected chi connectivity index (χ4v) is 1.97. The number of carbonyl (C=O) groups excluding carboxylic acids is 1. The Balaban J connectivity index is 3.25. The van der Waals surface area contributed by atoms with Crippen LogP contribution in [0.1, 0.15) is 71.1 Å². The van der Waals surface area contributed by atoms with Crippen molar-refractivity contribution in [2.75, 3.05) is 13.6 Å². The van der Waals surface area contributed by atoms with E-state index in [1.54, 1.807) is 7.05 Å². The summed E-state index contributed by atoms with van der Waals surface area (Å²) in [6, 6.07) is 1.99. The molecule has 3 heteroatoms. The second kappa shape index (κ2) is 12.4. The molecule has 0 heterocycles. The molecule has 18 heavy (non-hydrogen) atoms. The van der Waals surface area contributed by atoms with E-state index in [2.05, 4.69) is 6.92 Å². The molecule has 0 aliphatic rings. The number of carbonyl (C=O) groups is 1. The third-order valence-electron chi connectivity index (χ3n) is 3.23. The Morgan fingerprint density at radius 3 is 2.00 bits per heavy atom. The summed E-state index contributed by atoms with van der Waals surface area (Å²) in [5.41, 5.74) is 0. The number of hydrogen-bond acceptors (Lipinski definition) is 2. The highest BCUT2D eigenvalue weighted by molar-refractivity contribution is 5.76. The SMILES string of the molecule is CCCCCCCCCCCC(=O)N(C)CC#N. The lowest BCUT2D eigenvalue weighted by Crippen LogP contribution is -2.26. The van der Waals surface area contributed by atoms with Crippen molar-refractivity contribution in [3.63, 3.8) is 0 Å². The minimum Gasteiger partial charge on any atom is -0.332 e. The summed E-state index contributed by atoms with van der Waals surface area (Å²) in [5.74, 6) is 0.0968. The highest BCUT2D eigenvalue weighted by atomic mass is 16.2. The van der Waals surface area contributed by atoms with Crippen LogP contribution in [-0.2, 0) is 4.79 Å². The quantitative estimate of drug-likeness (QED) is 0.413. The van der Waals surface area contributed by atoms with Crippen LogP contribution in [0, 0.1) is 11.3 Å². The summed E-state index contributed by atoms with van der Waals surface area (Å²) in [7, 11) is 1.69. The van der Waals surface area contributed by atoms with Crippen LogP contribution in [0.3, 0.4) is 0 Å². The highest BCUT2D eigenvalue weighted by Gasteiger charge is 2.06. The molecule has 0 aromatic heterocycles. The molecule has 104 valence electrons. The van der Waals surface area contributed by atoms with Gasteiger partial charge in [-0.2, -0.15) is 5.26 Å². The number of rotatable bonds is 11. The molecule has 0 aliphatic carbocycles. The largest absolute Gasteiger partial charge is 0.332 e. The number of amides is 1. The number of nitrogens with zero attached hydrogens (tertiary/aromatic N) is 2. The van der Waals surface area contributed by atoms with Gasteiger partial charge in [-0.25, -0.2) is 0 Å². The van der Waals surface area contributed by atoms with Crippen molar-refractivity contribution < 1.29 is 4.79 Å². The predicted molar refractivity (Wildman–Crippen MR) is 75.1 cm³/mol. The Labute approximate surface area is 112 Å². The fraction of sp³-hybridized carbons (Fsp3) is 0.867. The van der Waals surface area contributed by atoms with E-state index >= 15 is 0 Å². The topological polar surface area (TPSA) is 44.1 Å². The van der Waals surface area contributed by atoms with Gasteiger partial charge in [-0.05, 0) is 6.42 Å². The van der Waals surface area contributed by atoms with Crippen molar-refractivity contribution in [1.82, 2.24) is 4.90 Å². The van der Waals surface area contributed by atoms with E-state index in [4.69, 9.17) is 5.26 Å². The van der Waals surface area contributed by atoms with Crippen LogP contribution in [0.15, 0.2) is 0 Å². The zero-order valence-corrected chi connectivity index (χ0v) is 12.1. The monoisotopic (exact) mass is 252 g/mol. The lowest BCUT2D eigenvalue weighted by molar-refractivity contribution is -0.129. The third-order valence-corrected chi connectivity index (χ3v) is 3.23. The molecule has 0 N–H and O–H groups in total. The average Bonchev–Trinajstić information content (AvgIpc) is 2.36. The minimum absolute atomic E-state index is 0.0968. The molecule has 0 saturated carbocycles. The molecule has 0 radical (unpaired) electrons. The summed E-state index contributed by atoms with van der Waals surface area (Å²) in [5, 5.41) is 8.47. The summed E-state index contributed by atoms with van der Waals surface area (Å²) in [4.78, 5) is 13.0. The van der Waals surface area contributed by atoms with Gasteiger partial charge in [0.15, 0.2) is 0 Å². The Morgan fingerprint density at radius 1 is 1.00 bits per heavy atom. The molecule has 0 aromatic carbocycles. The number of unbranched alkanes of at least 4 members (excludes halogenated alkanes) is 8. The van der Waals surface area contributed by atoms with Gasteiger partial charge in [0.2, 0.25) is 5.91 Å².